The summed E-state index contributed by atoms with van der Waals surface area (Å²) >= 11 is 0. The fraction of sp³-hybridized carbons (Fsp3) is 0.400. The van der Waals surface area contributed by atoms with E-state index in [0.717, 1.165) is 0 Å². The maximum Gasteiger partial charge on any atom is 0.303 e. The second kappa shape index (κ2) is 11.4. The first-order valence-corrected chi connectivity index (χ1v) is 12.7. The number of rotatable bonds is 7. The molecule has 18 nitrogen and oxygen atoms in total. The van der Waals surface area contributed by atoms with Crippen molar-refractivity contribution in [3.63, 3.8) is 0 Å². The summed E-state index contributed by atoms with van der Waals surface area (Å²) in [5.74, 6) is -21.1. The number of aliphatic hydroxyl groups excluding tert-OH is 3. The van der Waals surface area contributed by atoms with E-state index in [-0.39, 0.29) is 17.0 Å². The van der Waals surface area contributed by atoms with Crippen LogP contribution in [0.1, 0.15) is 11.1 Å². The first-order valence-electron chi connectivity index (χ1n) is 12.7. The van der Waals surface area contributed by atoms with E-state index in [1.807, 2.05) is 0 Å². The van der Waals surface area contributed by atoms with Gasteiger partial charge in [-0.1, -0.05) is 6.58 Å². The van der Waals surface area contributed by atoms with Crippen molar-refractivity contribution in [3.8, 4) is 17.2 Å². The Morgan fingerprint density at radius 1 is 1.00 bits per heavy atom. The van der Waals surface area contributed by atoms with E-state index in [0.29, 0.717) is 26.3 Å². The lowest BCUT2D eigenvalue weighted by atomic mass is 9.90. The number of nitrogens with zero attached hydrogens (tertiary/aromatic N) is 2. The van der Waals surface area contributed by atoms with E-state index in [1.165, 1.54) is 5.32 Å². The van der Waals surface area contributed by atoms with Gasteiger partial charge in [0.05, 0.1) is 36.5 Å². The Balaban J connectivity index is 1.72. The van der Waals surface area contributed by atoms with E-state index in [9.17, 15) is 69.8 Å². The molecule has 3 saturated heterocycles. The fourth-order valence-electron chi connectivity index (χ4n) is 4.91. The monoisotopic (exact) mass is 628 g/mol. The number of amides is 3. The number of piperidine rings is 1. The normalized spacial score (nSPS) is 24.2. The molecule has 12 N–H and O–H groups in total. The quantitative estimate of drug-likeness (QED) is 0.0352. The summed E-state index contributed by atoms with van der Waals surface area (Å²) in [7, 11) is 0. The van der Waals surface area contributed by atoms with Crippen molar-refractivity contribution in [1.29, 1.82) is 0 Å². The maximum atomic E-state index is 14.9. The van der Waals surface area contributed by atoms with Crippen molar-refractivity contribution in [3.05, 3.63) is 52.1 Å². The number of morpholine rings is 1. The summed E-state index contributed by atoms with van der Waals surface area (Å²) < 4.78 is 20.2. The largest absolute Gasteiger partial charge is 0.507 e. The van der Waals surface area contributed by atoms with Gasteiger partial charge in [0.2, 0.25) is 0 Å². The molecule has 3 aliphatic rings. The third-order valence-corrected chi connectivity index (χ3v) is 7.38. The highest BCUT2D eigenvalue weighted by molar-refractivity contribution is 6.09. The zero-order valence-electron chi connectivity index (χ0n) is 22.6. The Morgan fingerprint density at radius 2 is 1.61 bits per heavy atom. The summed E-state index contributed by atoms with van der Waals surface area (Å²) in [6.45, 7) is 2.48. The molecule has 19 heteroatoms. The van der Waals surface area contributed by atoms with Gasteiger partial charge in [0.25, 0.3) is 23.5 Å². The van der Waals surface area contributed by atoms with Crippen LogP contribution in [-0.4, -0.2) is 129 Å². The van der Waals surface area contributed by atoms with Crippen molar-refractivity contribution in [2.75, 3.05) is 32.8 Å². The summed E-state index contributed by atoms with van der Waals surface area (Å²) in [6, 6.07) is -2.65. The highest BCUT2D eigenvalue weighted by Crippen LogP contribution is 2.42. The number of hydrogen-bond donors (Lipinski definition) is 12. The van der Waals surface area contributed by atoms with Gasteiger partial charge in [-0.05, 0) is 0 Å². The van der Waals surface area contributed by atoms with Gasteiger partial charge in [-0.25, -0.2) is 4.39 Å². The minimum atomic E-state index is -4.03. The number of carbonyl (C=O) groups excluding carboxylic acids is 3. The summed E-state index contributed by atoms with van der Waals surface area (Å²) in [6.07, 6.45) is 0. The molecule has 1 unspecified atom stereocenters. The van der Waals surface area contributed by atoms with E-state index in [2.05, 4.69) is 11.9 Å². The number of hydrogen-bond acceptors (Lipinski definition) is 16. The lowest BCUT2D eigenvalue weighted by molar-refractivity contribution is -0.355. The zero-order chi connectivity index (χ0) is 32.9. The molecule has 0 spiro atoms. The van der Waals surface area contributed by atoms with Crippen LogP contribution in [-0.2, 0) is 32.2 Å². The Labute approximate surface area is 246 Å². The van der Waals surface area contributed by atoms with Crippen LogP contribution in [0.4, 0.5) is 4.39 Å². The molecule has 4 rings (SSSR count). The summed E-state index contributed by atoms with van der Waals surface area (Å²) in [5, 5.41) is 106. The number of halogens is 1. The van der Waals surface area contributed by atoms with Gasteiger partial charge in [-0.3, -0.25) is 24.6 Å². The second-order valence-corrected chi connectivity index (χ2v) is 10.1. The highest BCUT2D eigenvalue weighted by Gasteiger charge is 2.67. The summed E-state index contributed by atoms with van der Waals surface area (Å²) in [5.41, 5.74) is -2.61. The minimum absolute atomic E-state index is 0.134. The van der Waals surface area contributed by atoms with Gasteiger partial charge in [0.1, 0.15) is 5.75 Å². The average Bonchev–Trinajstić information content (AvgIpc) is 3.29. The molecule has 0 saturated carbocycles. The molecule has 3 amide bonds. The van der Waals surface area contributed by atoms with Crippen LogP contribution < -0.4 is 10.6 Å². The molecule has 44 heavy (non-hydrogen) atoms. The molecule has 0 aliphatic carbocycles. The molecular weight excluding hydrogens is 599 g/mol. The molecular formula is C25H29FN4O14. The molecule has 3 heterocycles. The van der Waals surface area contributed by atoms with Crippen molar-refractivity contribution in [2.45, 2.75) is 30.7 Å². The molecule has 1 atom stereocenters. The fourth-order valence-corrected chi connectivity index (χ4v) is 4.91. The van der Waals surface area contributed by atoms with Crippen LogP contribution >= 0.6 is 0 Å². The van der Waals surface area contributed by atoms with Crippen LogP contribution in [0.3, 0.4) is 0 Å². The number of aromatic hydroxyl groups is 3. The third kappa shape index (κ3) is 5.20. The van der Waals surface area contributed by atoms with Crippen molar-refractivity contribution in [2.24, 2.45) is 0 Å². The number of likely N-dealkylation sites (tertiary alicyclic amines) is 1. The number of phenols is 3. The van der Waals surface area contributed by atoms with Gasteiger partial charge in [-0.15, -0.1) is 0 Å². The number of carbonyl (C=O) groups is 3. The van der Waals surface area contributed by atoms with Crippen LogP contribution in [0.5, 0.6) is 17.2 Å². The van der Waals surface area contributed by atoms with Gasteiger partial charge >= 0.3 is 5.79 Å². The minimum Gasteiger partial charge on any atom is -0.507 e. The van der Waals surface area contributed by atoms with Crippen molar-refractivity contribution < 1.29 is 74.6 Å². The van der Waals surface area contributed by atoms with Crippen LogP contribution in [0, 0.1) is 5.82 Å². The molecule has 1 aromatic carbocycles. The van der Waals surface area contributed by atoms with Crippen LogP contribution in [0.15, 0.2) is 35.1 Å². The number of imide groups is 1. The van der Waals surface area contributed by atoms with Gasteiger partial charge in [0.15, 0.2) is 40.8 Å². The number of ether oxygens (including phenoxy) is 1. The highest BCUT2D eigenvalue weighted by atomic mass is 19.1. The predicted molar refractivity (Wildman–Crippen MR) is 138 cm³/mol. The van der Waals surface area contributed by atoms with Gasteiger partial charge in [0, 0.05) is 31.8 Å². The Bertz CT molecular complexity index is 1500. The Hall–Kier alpha value is -4.66. The standard InChI is InChI=1S/C25H29FN4O14/c1-9(31)15(32)13-11(8-30(22(13)38)19-21(37)28-23(39)25(42,43)24(19,40)41)20(36)27-6-10-14(26)18(35)17(34)12(16(10)33)7-29-2-4-44-5-3-29/h19,27,31-36,40-43H,1-8H2,(H,28,37,39)/b15-13-,20-11-. The first kappa shape index (κ1) is 32.3. The number of benzene rings is 1. The molecule has 240 valence electrons. The average molecular weight is 629 g/mol. The number of nitrogens with one attached hydrogen (secondary N) is 2. The predicted octanol–water partition coefficient (Wildman–Crippen LogP) is -3.25. The lowest BCUT2D eigenvalue weighted by Gasteiger charge is -2.44. The third-order valence-electron chi connectivity index (χ3n) is 7.38. The molecule has 3 fully saturated rings. The van der Waals surface area contributed by atoms with E-state index in [4.69, 9.17) is 4.74 Å². The van der Waals surface area contributed by atoms with Crippen molar-refractivity contribution in [1.82, 2.24) is 20.4 Å². The summed E-state index contributed by atoms with van der Waals surface area (Å²) in [4.78, 5) is 39.5. The molecule has 0 bridgehead atoms. The topological polar surface area (TPSA) is 293 Å². The van der Waals surface area contributed by atoms with E-state index >= 15 is 0 Å². The SMILES string of the molecule is C=C(O)/C(O)=C1/C(=O)N(C2C(=O)NC(=O)C(O)(O)C2(O)O)C/C1=C(/O)NCc1c(O)c(CN2CCOCC2)c(O)c(O)c1F. The van der Waals surface area contributed by atoms with Crippen LogP contribution in [0.25, 0.3) is 0 Å². The van der Waals surface area contributed by atoms with Gasteiger partial charge in [-0.2, -0.15) is 0 Å². The molecule has 0 radical (unpaired) electrons. The lowest BCUT2D eigenvalue weighted by Crippen LogP contribution is -2.79. The molecule has 0 aromatic heterocycles. The molecule has 3 aliphatic heterocycles. The zero-order valence-corrected chi connectivity index (χ0v) is 22.6. The van der Waals surface area contributed by atoms with Gasteiger partial charge < -0.3 is 66.0 Å². The van der Waals surface area contributed by atoms with Crippen LogP contribution in [0.2, 0.25) is 0 Å². The molecule has 1 aromatic rings. The Kier molecular flexibility index (Phi) is 8.39. The number of phenolic OH excluding ortho intramolecular Hbond substituents is 3. The van der Waals surface area contributed by atoms with Crippen molar-refractivity contribution >= 4 is 17.7 Å². The smallest absolute Gasteiger partial charge is 0.303 e. The second-order valence-electron chi connectivity index (χ2n) is 10.1. The maximum absolute atomic E-state index is 14.9. The van der Waals surface area contributed by atoms with E-state index in [1.54, 1.807) is 4.90 Å². The van der Waals surface area contributed by atoms with E-state index < -0.39 is 106 Å². The Morgan fingerprint density at radius 3 is 2.20 bits per heavy atom. The first-order chi connectivity index (χ1) is 20.4. The number of aliphatic hydroxyl groups is 7.